The monoisotopic (exact) mass is 275 g/mol. The number of hydrogen-bond acceptors (Lipinski definition) is 5. The Hall–Kier alpha value is -1.41. The number of nitrogens with zero attached hydrogens (tertiary/aromatic N) is 4. The van der Waals surface area contributed by atoms with Crippen molar-refractivity contribution >= 4 is 19.7 Å². The lowest BCUT2D eigenvalue weighted by molar-refractivity contribution is 0.602. The Balaban J connectivity index is 2.50. The molecule has 2 aromatic heterocycles. The first-order valence-electron chi connectivity index (χ1n) is 4.81. The summed E-state index contributed by atoms with van der Waals surface area (Å²) in [4.78, 5) is 3.83. The zero-order valence-corrected chi connectivity index (χ0v) is 10.7. The summed E-state index contributed by atoms with van der Waals surface area (Å²) in [6.45, 7) is 1.94. The van der Waals surface area contributed by atoms with Gasteiger partial charge in [-0.15, -0.1) is 0 Å². The molecule has 0 aliphatic rings. The maximum atomic E-state index is 11.0. The third kappa shape index (κ3) is 2.32. The van der Waals surface area contributed by atoms with Gasteiger partial charge >= 0.3 is 0 Å². The topological polar surface area (TPSA) is 93.5 Å². The molecule has 0 aliphatic heterocycles. The molecule has 0 amide bonds. The van der Waals surface area contributed by atoms with E-state index < -0.39 is 9.05 Å². The van der Waals surface area contributed by atoms with Gasteiger partial charge in [0.2, 0.25) is 0 Å². The molecular weight excluding hydrogens is 266 g/mol. The molecule has 0 bridgehead atoms. The highest BCUT2D eigenvalue weighted by atomic mass is 35.7. The Morgan fingerprint density at radius 1 is 1.53 bits per heavy atom. The summed E-state index contributed by atoms with van der Waals surface area (Å²) in [6.07, 6.45) is 2.43. The minimum Gasteiger partial charge on any atom is -0.275 e. The maximum Gasteiger partial charge on any atom is 0.296 e. The predicted molar refractivity (Wildman–Crippen MR) is 61.0 cm³/mol. The summed E-state index contributed by atoms with van der Waals surface area (Å²) < 4.78 is 23.7. The molecule has 92 valence electrons. The van der Waals surface area contributed by atoms with Crippen LogP contribution in [0.15, 0.2) is 11.4 Å². The average Bonchev–Trinajstić information content (AvgIpc) is 2.81. The Morgan fingerprint density at radius 2 is 2.24 bits per heavy atom. The van der Waals surface area contributed by atoms with Crippen LogP contribution in [0.4, 0.5) is 0 Å². The number of rotatable bonds is 3. The summed E-state index contributed by atoms with van der Waals surface area (Å²) in [5.41, 5.74) is 1.49. The van der Waals surface area contributed by atoms with Crippen molar-refractivity contribution in [3.05, 3.63) is 11.9 Å². The molecule has 17 heavy (non-hydrogen) atoms. The standard InChI is InChI=1S/C8H10ClN5O2S/c1-3-6-5(4-14(2)13-6)7-10-8(12-11-7)17(9,15)16/h4H,3H2,1-2H3,(H,10,11,12). The van der Waals surface area contributed by atoms with Crippen molar-refractivity contribution in [3.63, 3.8) is 0 Å². The Morgan fingerprint density at radius 3 is 2.76 bits per heavy atom. The first-order valence-corrected chi connectivity index (χ1v) is 7.12. The minimum atomic E-state index is -3.89. The first-order chi connectivity index (χ1) is 7.91. The van der Waals surface area contributed by atoms with Crippen molar-refractivity contribution in [1.82, 2.24) is 25.0 Å². The molecule has 1 N–H and O–H groups in total. The van der Waals surface area contributed by atoms with Crippen molar-refractivity contribution in [2.45, 2.75) is 18.5 Å². The average molecular weight is 276 g/mol. The van der Waals surface area contributed by atoms with E-state index in [1.807, 2.05) is 6.92 Å². The van der Waals surface area contributed by atoms with Crippen molar-refractivity contribution in [2.24, 2.45) is 7.05 Å². The van der Waals surface area contributed by atoms with Crippen LogP contribution in [0.2, 0.25) is 0 Å². The third-order valence-electron chi connectivity index (χ3n) is 2.18. The second-order valence-corrected chi connectivity index (χ2v) is 5.90. The molecule has 0 spiro atoms. The van der Waals surface area contributed by atoms with E-state index in [4.69, 9.17) is 10.7 Å². The van der Waals surface area contributed by atoms with Gasteiger partial charge < -0.3 is 0 Å². The second-order valence-electron chi connectivity index (χ2n) is 3.42. The predicted octanol–water partition coefficient (Wildman–Crippen LogP) is 0.695. The van der Waals surface area contributed by atoms with E-state index in [1.54, 1.807) is 17.9 Å². The first kappa shape index (κ1) is 12.1. The quantitative estimate of drug-likeness (QED) is 0.832. The van der Waals surface area contributed by atoms with Gasteiger partial charge in [0, 0.05) is 23.9 Å². The molecule has 0 fully saturated rings. The molecule has 2 aromatic rings. The van der Waals surface area contributed by atoms with Crippen LogP contribution < -0.4 is 0 Å². The number of aryl methyl sites for hydroxylation is 2. The largest absolute Gasteiger partial charge is 0.296 e. The molecule has 2 rings (SSSR count). The van der Waals surface area contributed by atoms with Crippen LogP contribution in [0.1, 0.15) is 12.6 Å². The van der Waals surface area contributed by atoms with E-state index in [-0.39, 0.29) is 11.0 Å². The van der Waals surface area contributed by atoms with Crippen LogP contribution in [-0.2, 0) is 22.5 Å². The third-order valence-corrected chi connectivity index (χ3v) is 3.26. The summed E-state index contributed by atoms with van der Waals surface area (Å²) in [5.74, 6) is 0.272. The van der Waals surface area contributed by atoms with Gasteiger partial charge in [0.05, 0.1) is 11.3 Å². The summed E-state index contributed by atoms with van der Waals surface area (Å²) in [6, 6.07) is 0. The van der Waals surface area contributed by atoms with Gasteiger partial charge in [-0.1, -0.05) is 6.92 Å². The molecule has 7 nitrogen and oxygen atoms in total. The lowest BCUT2D eigenvalue weighted by Crippen LogP contribution is -1.93. The van der Waals surface area contributed by atoms with Gasteiger partial charge in [0.15, 0.2) is 5.82 Å². The maximum absolute atomic E-state index is 11.0. The van der Waals surface area contributed by atoms with Gasteiger partial charge in [0.25, 0.3) is 14.2 Å². The van der Waals surface area contributed by atoms with E-state index >= 15 is 0 Å². The minimum absolute atomic E-state index is 0.272. The van der Waals surface area contributed by atoms with E-state index in [2.05, 4.69) is 20.3 Å². The van der Waals surface area contributed by atoms with Crippen LogP contribution in [0.5, 0.6) is 0 Å². The van der Waals surface area contributed by atoms with Gasteiger partial charge in [-0.05, 0) is 6.42 Å². The molecule has 0 aromatic carbocycles. The molecule has 9 heteroatoms. The number of H-pyrrole nitrogens is 1. The molecule has 0 unspecified atom stereocenters. The summed E-state index contributed by atoms with van der Waals surface area (Å²) >= 11 is 0. The van der Waals surface area contributed by atoms with Gasteiger partial charge in [0.1, 0.15) is 0 Å². The normalized spacial score (nSPS) is 11.9. The molecular formula is C8H10ClN5O2S. The smallest absolute Gasteiger partial charge is 0.275 e. The van der Waals surface area contributed by atoms with Gasteiger partial charge in [-0.2, -0.15) is 15.2 Å². The van der Waals surface area contributed by atoms with Gasteiger partial charge in [-0.25, -0.2) is 13.5 Å². The van der Waals surface area contributed by atoms with Crippen molar-refractivity contribution in [1.29, 1.82) is 0 Å². The fourth-order valence-corrected chi connectivity index (χ4v) is 2.02. The molecule has 2 heterocycles. The van der Waals surface area contributed by atoms with Crippen LogP contribution >= 0.6 is 10.7 Å². The lowest BCUT2D eigenvalue weighted by Gasteiger charge is -1.91. The lowest BCUT2D eigenvalue weighted by atomic mass is 10.2. The Labute approximate surface area is 102 Å². The van der Waals surface area contributed by atoms with Gasteiger partial charge in [-0.3, -0.25) is 4.68 Å². The highest BCUT2D eigenvalue weighted by Crippen LogP contribution is 2.21. The highest BCUT2D eigenvalue weighted by Gasteiger charge is 2.19. The number of aromatic nitrogens is 5. The molecule has 0 saturated carbocycles. The number of aromatic amines is 1. The molecule has 0 radical (unpaired) electrons. The molecule has 0 saturated heterocycles. The fourth-order valence-electron chi connectivity index (χ4n) is 1.46. The fraction of sp³-hybridized carbons (Fsp3) is 0.375. The zero-order valence-electron chi connectivity index (χ0n) is 9.18. The van der Waals surface area contributed by atoms with Crippen molar-refractivity contribution in [2.75, 3.05) is 0 Å². The summed E-state index contributed by atoms with van der Waals surface area (Å²) in [5, 5.41) is 9.96. The Bertz CT molecular complexity index is 645. The zero-order chi connectivity index (χ0) is 12.6. The van der Waals surface area contributed by atoms with Crippen LogP contribution in [0, 0.1) is 0 Å². The number of halogens is 1. The molecule has 0 aliphatic carbocycles. The van der Waals surface area contributed by atoms with Crippen LogP contribution in [0.25, 0.3) is 11.4 Å². The van der Waals surface area contributed by atoms with E-state index in [1.165, 1.54) is 0 Å². The second kappa shape index (κ2) is 4.11. The number of hydrogen-bond donors (Lipinski definition) is 1. The van der Waals surface area contributed by atoms with Crippen molar-refractivity contribution < 1.29 is 8.42 Å². The van der Waals surface area contributed by atoms with Crippen molar-refractivity contribution in [3.8, 4) is 11.4 Å². The van der Waals surface area contributed by atoms with Crippen LogP contribution in [-0.4, -0.2) is 33.4 Å². The highest BCUT2D eigenvalue weighted by molar-refractivity contribution is 8.13. The summed E-state index contributed by atoms with van der Waals surface area (Å²) in [7, 11) is 3.04. The van der Waals surface area contributed by atoms with E-state index in [9.17, 15) is 8.42 Å². The van der Waals surface area contributed by atoms with Crippen LogP contribution in [0.3, 0.4) is 0 Å². The Kier molecular flexibility index (Phi) is 2.92. The SMILES string of the molecule is CCc1nn(C)cc1-c1n[nH]c(S(=O)(=O)Cl)n1. The molecule has 0 atom stereocenters. The number of nitrogens with one attached hydrogen (secondary N) is 1. The van der Waals surface area contributed by atoms with E-state index in [0.29, 0.717) is 12.0 Å². The van der Waals surface area contributed by atoms with E-state index in [0.717, 1.165) is 5.69 Å².